The number of H-pyrrole nitrogens is 1. The van der Waals surface area contributed by atoms with Crippen molar-refractivity contribution >= 4 is 22.1 Å². The molecular formula is C13H11N5O2. The molecule has 100 valence electrons. The molecule has 2 heterocycles. The summed E-state index contributed by atoms with van der Waals surface area (Å²) >= 11 is 0. The summed E-state index contributed by atoms with van der Waals surface area (Å²) in [7, 11) is 0. The van der Waals surface area contributed by atoms with Gasteiger partial charge < -0.3 is 10.3 Å². The number of hydrogen-bond acceptors (Lipinski definition) is 5. The van der Waals surface area contributed by atoms with Crippen LogP contribution in [0.1, 0.15) is 5.69 Å². The van der Waals surface area contributed by atoms with E-state index in [0.29, 0.717) is 11.9 Å². The number of benzene rings is 1. The van der Waals surface area contributed by atoms with Crippen molar-refractivity contribution in [2.75, 3.05) is 5.32 Å². The Morgan fingerprint density at radius 2 is 2.10 bits per heavy atom. The third kappa shape index (κ3) is 2.16. The van der Waals surface area contributed by atoms with Gasteiger partial charge in [-0.05, 0) is 12.1 Å². The van der Waals surface area contributed by atoms with E-state index in [1.165, 1.54) is 12.3 Å². The second kappa shape index (κ2) is 4.96. The van der Waals surface area contributed by atoms with Gasteiger partial charge in [0, 0.05) is 35.7 Å². The van der Waals surface area contributed by atoms with Gasteiger partial charge in [-0.1, -0.05) is 0 Å². The molecule has 2 aromatic heterocycles. The number of non-ortho nitro benzene ring substituents is 1. The fraction of sp³-hybridized carbons (Fsp3) is 0.0769. The molecule has 0 saturated heterocycles. The van der Waals surface area contributed by atoms with Gasteiger partial charge in [0.15, 0.2) is 0 Å². The van der Waals surface area contributed by atoms with Crippen molar-refractivity contribution in [3.8, 4) is 0 Å². The van der Waals surface area contributed by atoms with Crippen LogP contribution in [0.4, 0.5) is 11.4 Å². The average Bonchev–Trinajstić information content (AvgIpc) is 2.97. The average molecular weight is 269 g/mol. The van der Waals surface area contributed by atoms with Crippen molar-refractivity contribution in [3.05, 3.63) is 58.9 Å². The Bertz CT molecular complexity index is 755. The predicted octanol–water partition coefficient (Wildman–Crippen LogP) is 2.48. The van der Waals surface area contributed by atoms with E-state index >= 15 is 0 Å². The topological polar surface area (TPSA) is 96.7 Å². The Labute approximate surface area is 113 Å². The number of pyridine rings is 1. The molecule has 2 N–H and O–H groups in total. The number of hydrogen-bond donors (Lipinski definition) is 2. The summed E-state index contributed by atoms with van der Waals surface area (Å²) in [6.45, 7) is 0.565. The van der Waals surface area contributed by atoms with Crippen molar-refractivity contribution < 1.29 is 4.92 Å². The van der Waals surface area contributed by atoms with E-state index in [9.17, 15) is 10.1 Å². The molecule has 7 nitrogen and oxygen atoms in total. The summed E-state index contributed by atoms with van der Waals surface area (Å²) in [5.74, 6) is 0. The first-order valence-electron chi connectivity index (χ1n) is 5.98. The monoisotopic (exact) mass is 269 g/mol. The van der Waals surface area contributed by atoms with E-state index in [2.05, 4.69) is 20.3 Å². The molecule has 0 atom stereocenters. The van der Waals surface area contributed by atoms with Crippen LogP contribution in [-0.2, 0) is 6.54 Å². The molecule has 0 saturated carbocycles. The number of rotatable bonds is 4. The molecule has 0 aliphatic carbocycles. The molecule has 3 rings (SSSR count). The van der Waals surface area contributed by atoms with Crippen molar-refractivity contribution in [2.24, 2.45) is 0 Å². The zero-order valence-corrected chi connectivity index (χ0v) is 10.4. The number of nitro groups is 1. The van der Waals surface area contributed by atoms with Gasteiger partial charge in [-0.3, -0.25) is 15.1 Å². The number of aromatic amines is 1. The first kappa shape index (κ1) is 12.1. The molecule has 1 aromatic carbocycles. The molecule has 0 bridgehead atoms. The van der Waals surface area contributed by atoms with Crippen molar-refractivity contribution in [1.82, 2.24) is 15.0 Å². The minimum Gasteiger partial charge on any atom is -0.379 e. The summed E-state index contributed by atoms with van der Waals surface area (Å²) in [5, 5.41) is 15.5. The van der Waals surface area contributed by atoms with Gasteiger partial charge in [0.25, 0.3) is 5.69 Å². The highest BCUT2D eigenvalue weighted by Crippen LogP contribution is 2.30. The van der Waals surface area contributed by atoms with Crippen LogP contribution in [0.15, 0.2) is 43.1 Å². The number of nitrogens with zero attached hydrogens (tertiary/aromatic N) is 3. The van der Waals surface area contributed by atoms with Crippen LogP contribution >= 0.6 is 0 Å². The summed E-state index contributed by atoms with van der Waals surface area (Å²) in [6, 6.07) is 4.95. The first-order valence-corrected chi connectivity index (χ1v) is 5.98. The smallest absolute Gasteiger partial charge is 0.278 e. The van der Waals surface area contributed by atoms with Crippen LogP contribution in [0.2, 0.25) is 0 Å². The maximum Gasteiger partial charge on any atom is 0.278 e. The van der Waals surface area contributed by atoms with Gasteiger partial charge in [0.1, 0.15) is 0 Å². The zero-order chi connectivity index (χ0) is 13.9. The molecule has 3 aromatic rings. The Morgan fingerprint density at radius 1 is 1.20 bits per heavy atom. The number of nitro benzene ring substituents is 1. The number of aromatic nitrogens is 3. The third-order valence-electron chi connectivity index (χ3n) is 3.02. The fourth-order valence-corrected chi connectivity index (χ4v) is 2.06. The number of nitrogens with one attached hydrogen (secondary N) is 2. The summed E-state index contributed by atoms with van der Waals surface area (Å²) in [6.07, 6.45) is 6.46. The van der Waals surface area contributed by atoms with Gasteiger partial charge in [-0.2, -0.15) is 0 Å². The van der Waals surface area contributed by atoms with E-state index in [-0.39, 0.29) is 5.69 Å². The van der Waals surface area contributed by atoms with Gasteiger partial charge >= 0.3 is 0 Å². The second-order valence-corrected chi connectivity index (χ2v) is 4.24. The minimum absolute atomic E-state index is 0.0557. The molecule has 0 unspecified atom stereocenters. The van der Waals surface area contributed by atoms with Gasteiger partial charge in [-0.25, -0.2) is 4.98 Å². The quantitative estimate of drug-likeness (QED) is 0.560. The lowest BCUT2D eigenvalue weighted by Gasteiger charge is -2.08. The summed E-state index contributed by atoms with van der Waals surface area (Å²) in [4.78, 5) is 21.5. The summed E-state index contributed by atoms with van der Waals surface area (Å²) in [5.41, 5.74) is 1.81. The largest absolute Gasteiger partial charge is 0.379 e. The molecule has 0 fully saturated rings. The van der Waals surface area contributed by atoms with Crippen LogP contribution in [0.25, 0.3) is 10.8 Å². The molecule has 0 aliphatic heterocycles. The van der Waals surface area contributed by atoms with Crippen LogP contribution in [0.3, 0.4) is 0 Å². The summed E-state index contributed by atoms with van der Waals surface area (Å²) < 4.78 is 0. The molecule has 0 spiro atoms. The first-order chi connectivity index (χ1) is 9.75. The maximum absolute atomic E-state index is 11.0. The third-order valence-corrected chi connectivity index (χ3v) is 3.02. The standard InChI is InChI=1S/C13H11N5O2/c19-18(20)13-2-1-12(10-3-4-14-7-11(10)13)16-6-9-5-15-8-17-9/h1-5,7-8,16H,6H2,(H,15,17). The Morgan fingerprint density at radius 3 is 2.85 bits per heavy atom. The number of imidazole rings is 1. The van der Waals surface area contributed by atoms with Gasteiger partial charge in [0.05, 0.1) is 28.9 Å². The van der Waals surface area contributed by atoms with E-state index in [1.807, 2.05) is 0 Å². The lowest BCUT2D eigenvalue weighted by Crippen LogP contribution is -2.01. The van der Waals surface area contributed by atoms with E-state index in [0.717, 1.165) is 16.8 Å². The minimum atomic E-state index is -0.400. The molecule has 0 amide bonds. The highest BCUT2D eigenvalue weighted by molar-refractivity contribution is 5.99. The normalized spacial score (nSPS) is 10.6. The van der Waals surface area contributed by atoms with Crippen molar-refractivity contribution in [1.29, 1.82) is 0 Å². The van der Waals surface area contributed by atoms with Crippen molar-refractivity contribution in [2.45, 2.75) is 6.54 Å². The van der Waals surface area contributed by atoms with Crippen LogP contribution in [0.5, 0.6) is 0 Å². The van der Waals surface area contributed by atoms with Gasteiger partial charge in [0.2, 0.25) is 0 Å². The maximum atomic E-state index is 11.0. The van der Waals surface area contributed by atoms with E-state index in [4.69, 9.17) is 0 Å². The Hall–Kier alpha value is -2.96. The molecule has 7 heteroatoms. The van der Waals surface area contributed by atoms with Crippen LogP contribution in [-0.4, -0.2) is 19.9 Å². The highest BCUT2D eigenvalue weighted by atomic mass is 16.6. The fourth-order valence-electron chi connectivity index (χ4n) is 2.06. The van der Waals surface area contributed by atoms with E-state index < -0.39 is 4.92 Å². The molecule has 20 heavy (non-hydrogen) atoms. The van der Waals surface area contributed by atoms with Crippen LogP contribution in [0, 0.1) is 10.1 Å². The zero-order valence-electron chi connectivity index (χ0n) is 10.4. The SMILES string of the molecule is O=[N+]([O-])c1ccc(NCc2cnc[nH]2)c2ccncc12. The predicted molar refractivity (Wildman–Crippen MR) is 74.3 cm³/mol. The number of fused-ring (bicyclic) bond motifs is 1. The molecule has 0 radical (unpaired) electrons. The lowest BCUT2D eigenvalue weighted by atomic mass is 10.1. The Kier molecular flexibility index (Phi) is 3.00. The molecular weight excluding hydrogens is 258 g/mol. The van der Waals surface area contributed by atoms with Crippen molar-refractivity contribution in [3.63, 3.8) is 0 Å². The van der Waals surface area contributed by atoms with Crippen LogP contribution < -0.4 is 5.32 Å². The molecule has 0 aliphatic rings. The van der Waals surface area contributed by atoms with Gasteiger partial charge in [-0.15, -0.1) is 0 Å². The number of anilines is 1. The Balaban J connectivity index is 1.99. The lowest BCUT2D eigenvalue weighted by molar-refractivity contribution is -0.383. The second-order valence-electron chi connectivity index (χ2n) is 4.24. The highest BCUT2D eigenvalue weighted by Gasteiger charge is 2.14. The van der Waals surface area contributed by atoms with E-state index in [1.54, 1.807) is 30.9 Å².